The van der Waals surface area contributed by atoms with Crippen LogP contribution in [0.5, 0.6) is 11.5 Å². The number of carbonyl (C=O) groups is 1. The normalized spacial score (nSPS) is 12.5. The largest absolute Gasteiger partial charge is 0.494 e. The SMILES string of the molecule is CC(C)(CCOc1ccc(Cl)cc1)C(=O)C(Br)Oc1ccc(F)cc1. The van der Waals surface area contributed by atoms with Crippen LogP contribution in [0, 0.1) is 11.2 Å². The van der Waals surface area contributed by atoms with Crippen LogP contribution in [0.4, 0.5) is 4.39 Å². The minimum Gasteiger partial charge on any atom is -0.494 e. The molecule has 2 aromatic carbocycles. The van der Waals surface area contributed by atoms with Gasteiger partial charge in [-0.25, -0.2) is 4.39 Å². The third-order valence-corrected chi connectivity index (χ3v) is 4.59. The molecule has 0 aliphatic rings. The molecule has 0 bridgehead atoms. The van der Waals surface area contributed by atoms with Crippen molar-refractivity contribution < 1.29 is 18.7 Å². The summed E-state index contributed by atoms with van der Waals surface area (Å²) in [6.07, 6.45) is 0.517. The number of halogens is 3. The summed E-state index contributed by atoms with van der Waals surface area (Å²) in [6.45, 7) is 4.06. The zero-order valence-corrected chi connectivity index (χ0v) is 16.3. The average Bonchev–Trinajstić information content (AvgIpc) is 2.58. The second-order valence-electron chi connectivity index (χ2n) is 6.19. The zero-order chi connectivity index (χ0) is 18.4. The van der Waals surface area contributed by atoms with E-state index in [2.05, 4.69) is 15.9 Å². The van der Waals surface area contributed by atoms with Gasteiger partial charge < -0.3 is 9.47 Å². The summed E-state index contributed by atoms with van der Waals surface area (Å²) in [4.78, 5) is 12.6. The molecular weight excluding hydrogens is 411 g/mol. The Morgan fingerprint density at radius 1 is 1.12 bits per heavy atom. The van der Waals surface area contributed by atoms with Crippen molar-refractivity contribution in [3.63, 3.8) is 0 Å². The fraction of sp³-hybridized carbons (Fsp3) is 0.316. The smallest absolute Gasteiger partial charge is 0.211 e. The van der Waals surface area contributed by atoms with E-state index in [9.17, 15) is 9.18 Å². The Morgan fingerprint density at radius 3 is 2.28 bits per heavy atom. The molecule has 1 unspecified atom stereocenters. The van der Waals surface area contributed by atoms with Gasteiger partial charge in [0.05, 0.1) is 6.61 Å². The third kappa shape index (κ3) is 6.01. The van der Waals surface area contributed by atoms with E-state index in [1.54, 1.807) is 24.3 Å². The van der Waals surface area contributed by atoms with Gasteiger partial charge in [0.2, 0.25) is 5.01 Å². The highest BCUT2D eigenvalue weighted by atomic mass is 79.9. The molecule has 0 saturated heterocycles. The van der Waals surface area contributed by atoms with Crippen molar-refractivity contribution >= 4 is 33.3 Å². The van der Waals surface area contributed by atoms with Crippen molar-refractivity contribution in [3.05, 3.63) is 59.4 Å². The number of carbonyl (C=O) groups excluding carboxylic acids is 1. The second-order valence-corrected chi connectivity index (χ2v) is 7.46. The van der Waals surface area contributed by atoms with Crippen LogP contribution < -0.4 is 9.47 Å². The number of benzene rings is 2. The first-order valence-corrected chi connectivity index (χ1v) is 9.06. The predicted octanol–water partition coefficient (Wildman–Crippen LogP) is 5.64. The van der Waals surface area contributed by atoms with Crippen molar-refractivity contribution in [2.45, 2.75) is 25.3 Å². The monoisotopic (exact) mass is 428 g/mol. The molecule has 0 aliphatic heterocycles. The molecule has 0 saturated carbocycles. The summed E-state index contributed by atoms with van der Waals surface area (Å²) in [5, 5.41) is -0.175. The Balaban J connectivity index is 1.87. The Morgan fingerprint density at radius 2 is 1.68 bits per heavy atom. The maximum absolute atomic E-state index is 12.9. The van der Waals surface area contributed by atoms with Gasteiger partial charge in [-0.2, -0.15) is 0 Å². The standard InChI is InChI=1S/C19H19BrClFO3/c1-19(2,11-12-24-15-7-3-13(21)4-8-15)17(23)18(20)25-16-9-5-14(22)6-10-16/h3-10,18H,11-12H2,1-2H3. The molecule has 25 heavy (non-hydrogen) atoms. The van der Waals surface area contributed by atoms with E-state index in [0.29, 0.717) is 29.5 Å². The number of alkyl halides is 1. The first kappa shape index (κ1) is 19.7. The molecule has 0 aromatic heterocycles. The lowest BCUT2D eigenvalue weighted by molar-refractivity contribution is -0.131. The van der Waals surface area contributed by atoms with Gasteiger partial charge in [-0.1, -0.05) is 25.4 Å². The fourth-order valence-electron chi connectivity index (χ4n) is 2.07. The van der Waals surface area contributed by atoms with Gasteiger partial charge in [0, 0.05) is 10.4 Å². The first-order valence-electron chi connectivity index (χ1n) is 7.77. The van der Waals surface area contributed by atoms with E-state index in [4.69, 9.17) is 21.1 Å². The maximum Gasteiger partial charge on any atom is 0.211 e. The van der Waals surface area contributed by atoms with E-state index >= 15 is 0 Å². The van der Waals surface area contributed by atoms with Gasteiger partial charge in [-0.3, -0.25) is 4.79 Å². The first-order chi connectivity index (χ1) is 11.8. The molecule has 0 N–H and O–H groups in total. The summed E-state index contributed by atoms with van der Waals surface area (Å²) in [7, 11) is 0. The number of ether oxygens (including phenoxy) is 2. The van der Waals surface area contributed by atoms with Crippen LogP contribution in [0.2, 0.25) is 5.02 Å². The van der Waals surface area contributed by atoms with E-state index in [1.807, 2.05) is 13.8 Å². The molecule has 134 valence electrons. The second kappa shape index (κ2) is 8.68. The molecule has 2 aromatic rings. The Labute approximate surface area is 160 Å². The molecular formula is C19H19BrClFO3. The van der Waals surface area contributed by atoms with Gasteiger partial charge in [0.15, 0.2) is 5.78 Å². The van der Waals surface area contributed by atoms with E-state index < -0.39 is 10.4 Å². The van der Waals surface area contributed by atoms with Gasteiger partial charge in [-0.15, -0.1) is 0 Å². The quantitative estimate of drug-likeness (QED) is 0.509. The van der Waals surface area contributed by atoms with Crippen LogP contribution in [-0.2, 0) is 4.79 Å². The predicted molar refractivity (Wildman–Crippen MR) is 100 cm³/mol. The average molecular weight is 430 g/mol. The maximum atomic E-state index is 12.9. The van der Waals surface area contributed by atoms with Crippen molar-refractivity contribution in [3.8, 4) is 11.5 Å². The highest BCUT2D eigenvalue weighted by Gasteiger charge is 2.33. The van der Waals surface area contributed by atoms with Gasteiger partial charge in [0.25, 0.3) is 0 Å². The van der Waals surface area contributed by atoms with Crippen LogP contribution in [0.3, 0.4) is 0 Å². The number of hydrogen-bond acceptors (Lipinski definition) is 3. The third-order valence-electron chi connectivity index (χ3n) is 3.74. The molecule has 2 rings (SSSR count). The van der Waals surface area contributed by atoms with E-state index in [-0.39, 0.29) is 11.6 Å². The summed E-state index contributed by atoms with van der Waals surface area (Å²) in [5.41, 5.74) is -0.652. The van der Waals surface area contributed by atoms with E-state index in [1.165, 1.54) is 24.3 Å². The van der Waals surface area contributed by atoms with Gasteiger partial charge >= 0.3 is 0 Å². The summed E-state index contributed by atoms with van der Waals surface area (Å²) in [6, 6.07) is 12.6. The molecule has 0 fully saturated rings. The molecule has 0 heterocycles. The molecule has 0 spiro atoms. The lowest BCUT2D eigenvalue weighted by atomic mass is 9.85. The van der Waals surface area contributed by atoms with Crippen LogP contribution in [0.1, 0.15) is 20.3 Å². The van der Waals surface area contributed by atoms with Crippen LogP contribution in [0.15, 0.2) is 48.5 Å². The van der Waals surface area contributed by atoms with Crippen molar-refractivity contribution in [2.24, 2.45) is 5.41 Å². The zero-order valence-electron chi connectivity index (χ0n) is 14.0. The molecule has 0 amide bonds. The molecule has 3 nitrogen and oxygen atoms in total. The lowest BCUT2D eigenvalue weighted by Gasteiger charge is -2.26. The van der Waals surface area contributed by atoms with Crippen LogP contribution >= 0.6 is 27.5 Å². The summed E-state index contributed by atoms with van der Waals surface area (Å²) >= 11 is 9.09. The van der Waals surface area contributed by atoms with E-state index in [0.717, 1.165) is 0 Å². The molecule has 6 heteroatoms. The number of Topliss-reactive ketones (excluding diaryl/α,β-unsaturated/α-hetero) is 1. The molecule has 0 radical (unpaired) electrons. The highest BCUT2D eigenvalue weighted by Crippen LogP contribution is 2.28. The fourth-order valence-corrected chi connectivity index (χ4v) is 3.03. The molecule has 1 atom stereocenters. The van der Waals surface area contributed by atoms with Gasteiger partial charge in [0.1, 0.15) is 17.3 Å². The number of rotatable bonds is 8. The van der Waals surface area contributed by atoms with Gasteiger partial charge in [-0.05, 0) is 70.9 Å². The van der Waals surface area contributed by atoms with Crippen molar-refractivity contribution in [1.29, 1.82) is 0 Å². The topological polar surface area (TPSA) is 35.5 Å². The number of hydrogen-bond donors (Lipinski definition) is 0. The Kier molecular flexibility index (Phi) is 6.85. The minimum absolute atomic E-state index is 0.114. The van der Waals surface area contributed by atoms with Crippen molar-refractivity contribution in [2.75, 3.05) is 6.61 Å². The number of ketones is 1. The van der Waals surface area contributed by atoms with Crippen molar-refractivity contribution in [1.82, 2.24) is 0 Å². The Hall–Kier alpha value is -1.59. The Bertz CT molecular complexity index is 702. The summed E-state index contributed by atoms with van der Waals surface area (Å²) in [5.74, 6) is 0.649. The highest BCUT2D eigenvalue weighted by molar-refractivity contribution is 9.09. The summed E-state index contributed by atoms with van der Waals surface area (Å²) < 4.78 is 24.1. The lowest BCUT2D eigenvalue weighted by Crippen LogP contribution is -2.35. The van der Waals surface area contributed by atoms with Crippen LogP contribution in [0.25, 0.3) is 0 Å². The molecule has 0 aliphatic carbocycles. The van der Waals surface area contributed by atoms with Crippen LogP contribution in [-0.4, -0.2) is 17.4 Å². The minimum atomic E-state index is -0.816.